The van der Waals surface area contributed by atoms with Gasteiger partial charge in [0.15, 0.2) is 0 Å². The molecule has 0 amide bonds. The first-order valence-electron chi connectivity index (χ1n) is 16.8. The SMILES string of the molecule is C=C(C)C(=O)OCCOCCOc1ccc(C(=O)Oc2ccc(OC(=O)c3ccc(OCCCCCCOCC4(C)COC4)cc3)cc2)cc1. The largest absolute Gasteiger partial charge is 0.494 e. The van der Waals surface area contributed by atoms with Crippen molar-refractivity contribution in [2.24, 2.45) is 5.41 Å². The van der Waals surface area contributed by atoms with Gasteiger partial charge >= 0.3 is 17.9 Å². The zero-order valence-electron chi connectivity index (χ0n) is 28.8. The zero-order chi connectivity index (χ0) is 35.6. The summed E-state index contributed by atoms with van der Waals surface area (Å²) in [5.41, 5.74) is 1.25. The van der Waals surface area contributed by atoms with E-state index in [1.54, 1.807) is 79.7 Å². The molecular formula is C39H46O11. The summed E-state index contributed by atoms with van der Waals surface area (Å²) in [4.78, 5) is 36.6. The number of hydrogen-bond donors (Lipinski definition) is 0. The molecule has 1 heterocycles. The topological polar surface area (TPSA) is 125 Å². The molecule has 11 heteroatoms. The van der Waals surface area contributed by atoms with Gasteiger partial charge in [-0.05, 0) is 99.0 Å². The molecule has 0 spiro atoms. The lowest BCUT2D eigenvalue weighted by molar-refractivity contribution is -0.140. The molecule has 0 bridgehead atoms. The monoisotopic (exact) mass is 690 g/mol. The Bertz CT molecular complexity index is 1510. The minimum atomic E-state index is -0.550. The fraction of sp³-hybridized carbons (Fsp3) is 0.410. The van der Waals surface area contributed by atoms with Gasteiger partial charge in [-0.15, -0.1) is 0 Å². The van der Waals surface area contributed by atoms with E-state index in [9.17, 15) is 14.4 Å². The maximum atomic E-state index is 12.6. The summed E-state index contributed by atoms with van der Waals surface area (Å²) < 4.78 is 43.7. The summed E-state index contributed by atoms with van der Waals surface area (Å²) in [5, 5.41) is 0. The van der Waals surface area contributed by atoms with Gasteiger partial charge in [0.2, 0.25) is 0 Å². The highest BCUT2D eigenvalue weighted by molar-refractivity contribution is 5.92. The second kappa shape index (κ2) is 20.1. The molecule has 0 radical (unpaired) electrons. The van der Waals surface area contributed by atoms with Crippen LogP contribution in [0.5, 0.6) is 23.0 Å². The van der Waals surface area contributed by atoms with E-state index in [1.165, 1.54) is 0 Å². The van der Waals surface area contributed by atoms with Crippen LogP contribution in [0, 0.1) is 5.41 Å². The van der Waals surface area contributed by atoms with Crippen LogP contribution in [0.25, 0.3) is 0 Å². The highest BCUT2D eigenvalue weighted by Crippen LogP contribution is 2.26. The van der Waals surface area contributed by atoms with Gasteiger partial charge in [0.1, 0.15) is 36.2 Å². The van der Waals surface area contributed by atoms with Crippen LogP contribution in [0.3, 0.4) is 0 Å². The van der Waals surface area contributed by atoms with Crippen LogP contribution < -0.4 is 18.9 Å². The van der Waals surface area contributed by atoms with E-state index in [1.807, 2.05) is 0 Å². The molecule has 0 aromatic heterocycles. The van der Waals surface area contributed by atoms with Crippen LogP contribution in [0.4, 0.5) is 0 Å². The van der Waals surface area contributed by atoms with Gasteiger partial charge in [0.25, 0.3) is 0 Å². The quantitative estimate of drug-likeness (QED) is 0.0488. The molecule has 3 aromatic rings. The van der Waals surface area contributed by atoms with E-state index in [4.69, 9.17) is 37.9 Å². The van der Waals surface area contributed by atoms with Crippen molar-refractivity contribution in [1.82, 2.24) is 0 Å². The Kier molecular flexibility index (Phi) is 15.3. The van der Waals surface area contributed by atoms with Gasteiger partial charge in [-0.1, -0.05) is 19.9 Å². The smallest absolute Gasteiger partial charge is 0.343 e. The lowest BCUT2D eigenvalue weighted by atomic mass is 9.90. The standard InChI is InChI=1S/C39H46O11/c1-29(2)36(40)48-25-23-43-22-24-47-33-14-10-31(11-15-33)38(42)50-35-18-16-34(17-19-35)49-37(41)30-8-12-32(13-9-30)46-21-7-5-4-6-20-44-26-39(3)27-45-28-39/h8-19H,1,4-7,20-28H2,2-3H3. The number of esters is 3. The molecular weight excluding hydrogens is 644 g/mol. The first-order valence-corrected chi connectivity index (χ1v) is 16.8. The molecule has 0 unspecified atom stereocenters. The molecule has 0 atom stereocenters. The maximum absolute atomic E-state index is 12.6. The average molecular weight is 691 g/mol. The first-order chi connectivity index (χ1) is 24.2. The Balaban J connectivity index is 1.07. The van der Waals surface area contributed by atoms with Gasteiger partial charge in [0, 0.05) is 17.6 Å². The average Bonchev–Trinajstić information content (AvgIpc) is 3.10. The Labute approximate surface area is 293 Å². The number of unbranched alkanes of at least 4 members (excludes halogenated alkanes) is 3. The van der Waals surface area contributed by atoms with Gasteiger partial charge in [-0.2, -0.15) is 0 Å². The molecule has 50 heavy (non-hydrogen) atoms. The van der Waals surface area contributed by atoms with Gasteiger partial charge in [-0.3, -0.25) is 0 Å². The fourth-order valence-electron chi connectivity index (χ4n) is 4.62. The van der Waals surface area contributed by atoms with E-state index in [-0.39, 0.29) is 25.2 Å². The van der Waals surface area contributed by atoms with Crippen LogP contribution in [0.2, 0.25) is 0 Å². The molecule has 0 aliphatic carbocycles. The maximum Gasteiger partial charge on any atom is 0.343 e. The molecule has 4 rings (SSSR count). The van der Waals surface area contributed by atoms with Gasteiger partial charge in [-0.25, -0.2) is 14.4 Å². The fourth-order valence-corrected chi connectivity index (χ4v) is 4.62. The van der Waals surface area contributed by atoms with E-state index >= 15 is 0 Å². The van der Waals surface area contributed by atoms with E-state index < -0.39 is 17.9 Å². The third kappa shape index (κ3) is 13.3. The van der Waals surface area contributed by atoms with E-state index in [0.29, 0.717) is 52.9 Å². The second-order valence-electron chi connectivity index (χ2n) is 12.3. The Hall–Kier alpha value is -4.71. The summed E-state index contributed by atoms with van der Waals surface area (Å²) in [6, 6.07) is 19.5. The van der Waals surface area contributed by atoms with Crippen molar-refractivity contribution in [2.75, 3.05) is 59.5 Å². The molecule has 1 aliphatic rings. The van der Waals surface area contributed by atoms with Crippen molar-refractivity contribution in [3.8, 4) is 23.0 Å². The third-order valence-electron chi connectivity index (χ3n) is 7.53. The number of benzene rings is 3. The number of ether oxygens (including phenoxy) is 8. The molecule has 268 valence electrons. The Morgan fingerprint density at radius 1 is 0.620 bits per heavy atom. The van der Waals surface area contributed by atoms with Crippen molar-refractivity contribution in [3.05, 3.63) is 96.1 Å². The summed E-state index contributed by atoms with van der Waals surface area (Å²) in [6.07, 6.45) is 4.13. The summed E-state index contributed by atoms with van der Waals surface area (Å²) >= 11 is 0. The van der Waals surface area contributed by atoms with Crippen molar-refractivity contribution < 1.29 is 52.3 Å². The van der Waals surface area contributed by atoms with Crippen LogP contribution in [0.1, 0.15) is 60.2 Å². The van der Waals surface area contributed by atoms with Gasteiger partial charge < -0.3 is 37.9 Å². The van der Waals surface area contributed by atoms with Gasteiger partial charge in [0.05, 0.1) is 50.8 Å². The lowest BCUT2D eigenvalue weighted by Crippen LogP contribution is -2.43. The van der Waals surface area contributed by atoms with Crippen molar-refractivity contribution >= 4 is 17.9 Å². The molecule has 1 aliphatic heterocycles. The lowest BCUT2D eigenvalue weighted by Gasteiger charge is -2.37. The molecule has 11 nitrogen and oxygen atoms in total. The second-order valence-corrected chi connectivity index (χ2v) is 12.3. The third-order valence-corrected chi connectivity index (χ3v) is 7.53. The molecule has 0 N–H and O–H groups in total. The van der Waals surface area contributed by atoms with Crippen LogP contribution in [-0.4, -0.2) is 77.4 Å². The van der Waals surface area contributed by atoms with Crippen molar-refractivity contribution in [1.29, 1.82) is 0 Å². The minimum absolute atomic E-state index is 0.136. The normalized spacial score (nSPS) is 13.1. The van der Waals surface area contributed by atoms with E-state index in [2.05, 4.69) is 13.5 Å². The molecule has 0 saturated carbocycles. The van der Waals surface area contributed by atoms with Crippen LogP contribution >= 0.6 is 0 Å². The number of rotatable bonds is 22. The first kappa shape index (κ1) is 38.1. The Morgan fingerprint density at radius 2 is 1.10 bits per heavy atom. The van der Waals surface area contributed by atoms with Crippen LogP contribution in [0.15, 0.2) is 84.9 Å². The van der Waals surface area contributed by atoms with Crippen LogP contribution in [-0.2, 0) is 23.7 Å². The Morgan fingerprint density at radius 3 is 1.60 bits per heavy atom. The zero-order valence-corrected chi connectivity index (χ0v) is 28.8. The van der Waals surface area contributed by atoms with Crippen molar-refractivity contribution in [3.63, 3.8) is 0 Å². The van der Waals surface area contributed by atoms with Crippen molar-refractivity contribution in [2.45, 2.75) is 39.5 Å². The summed E-state index contributed by atoms with van der Waals surface area (Å²) in [5.74, 6) is 0.337. The summed E-state index contributed by atoms with van der Waals surface area (Å²) in [6.45, 7) is 12.0. The predicted octanol–water partition coefficient (Wildman–Crippen LogP) is 6.63. The number of carbonyl (C=O) groups is 3. The summed E-state index contributed by atoms with van der Waals surface area (Å²) in [7, 11) is 0. The predicted molar refractivity (Wildman–Crippen MR) is 185 cm³/mol. The molecule has 3 aromatic carbocycles. The highest BCUT2D eigenvalue weighted by atomic mass is 16.6. The molecule has 1 saturated heterocycles. The number of carbonyl (C=O) groups excluding carboxylic acids is 3. The molecule has 1 fully saturated rings. The van der Waals surface area contributed by atoms with E-state index in [0.717, 1.165) is 52.1 Å². The highest BCUT2D eigenvalue weighted by Gasteiger charge is 2.33. The minimum Gasteiger partial charge on any atom is -0.494 e. The number of hydrogen-bond acceptors (Lipinski definition) is 11.